The third-order valence-corrected chi connectivity index (χ3v) is 19.0. The smallest absolute Gasteiger partial charge is 0.310 e. The Morgan fingerprint density at radius 1 is 0.714 bits per heavy atom. The third-order valence-electron chi connectivity index (χ3n) is 19.0. The van der Waals surface area contributed by atoms with Crippen LogP contribution in [0.1, 0.15) is 120 Å². The fourth-order valence-corrected chi connectivity index (χ4v) is 14.8. The predicted octanol–water partition coefficient (Wildman–Crippen LogP) is 2.37. The zero-order chi connectivity index (χ0) is 46.0. The van der Waals surface area contributed by atoms with Crippen molar-refractivity contribution >= 4 is 5.97 Å². The molecule has 4 saturated carbocycles. The van der Waals surface area contributed by atoms with E-state index in [9.17, 15) is 50.8 Å². The van der Waals surface area contributed by atoms with E-state index in [1.54, 1.807) is 0 Å². The summed E-state index contributed by atoms with van der Waals surface area (Å²) in [5.74, 6) is -0.0288. The highest BCUT2D eigenvalue weighted by Gasteiger charge is 2.70. The molecule has 3 aliphatic heterocycles. The van der Waals surface area contributed by atoms with Crippen molar-refractivity contribution in [2.45, 2.75) is 212 Å². The minimum absolute atomic E-state index is 0.0289. The summed E-state index contributed by atoms with van der Waals surface area (Å²) in [6, 6.07) is 0. The summed E-state index contributed by atoms with van der Waals surface area (Å²) in [6.07, 6.45) is -10.1. The highest BCUT2D eigenvalue weighted by atomic mass is 16.8. The van der Waals surface area contributed by atoms with Crippen molar-refractivity contribution in [1.82, 2.24) is 0 Å². The third kappa shape index (κ3) is 7.51. The Kier molecular flexibility index (Phi) is 12.8. The number of allylic oxidation sites excluding steroid dienone is 2. The molecule has 0 radical (unpaired) electrons. The van der Waals surface area contributed by atoms with Crippen molar-refractivity contribution in [1.29, 1.82) is 0 Å². The number of fused-ring (bicyclic) bond motifs is 7. The summed E-state index contributed by atoms with van der Waals surface area (Å²) >= 11 is 0. The maximum atomic E-state index is 13.1. The van der Waals surface area contributed by atoms with E-state index in [0.717, 1.165) is 51.4 Å². The van der Waals surface area contributed by atoms with Gasteiger partial charge in [-0.15, -0.1) is 0 Å². The Balaban J connectivity index is 1.04. The number of carboxylic acid groups (broad SMARTS) is 1. The molecular formula is C47H76O16. The van der Waals surface area contributed by atoms with Gasteiger partial charge in [-0.3, -0.25) is 4.79 Å². The zero-order valence-corrected chi connectivity index (χ0v) is 38.3. The molecule has 0 amide bonds. The number of carboxylic acids is 1. The van der Waals surface area contributed by atoms with Crippen molar-refractivity contribution < 1.29 is 79.2 Å². The van der Waals surface area contributed by atoms with Crippen LogP contribution in [0.25, 0.3) is 0 Å². The molecule has 5 aliphatic carbocycles. The zero-order valence-electron chi connectivity index (χ0n) is 38.3. The van der Waals surface area contributed by atoms with Gasteiger partial charge in [0.05, 0.1) is 30.8 Å². The SMILES string of the molecule is C[C@H]1O[C@H](O[C@H]2[C@H](O[C@@H]3CC[C@]4(C)C(CC[C@@]5(C)C4CC=C4C6CC(C)(C)CC[C@@]6(C(=O)O)CC[C@@]45C)C3(C)C)OC[C@H](O[C@H]3O[C@@H](CO)[C@H](O)[C@@H](O)[C@@H]3O)[C@H]2O)[C@@H](O)[C@@H](O)[C@@H]1O. The van der Waals surface area contributed by atoms with E-state index >= 15 is 0 Å². The molecule has 7 fully saturated rings. The normalized spacial score (nSPS) is 54.1. The Bertz CT molecular complexity index is 1720. The quantitative estimate of drug-likeness (QED) is 0.125. The van der Waals surface area contributed by atoms with Crippen LogP contribution in [-0.2, 0) is 33.2 Å². The molecule has 9 N–H and O–H groups in total. The number of carbonyl (C=O) groups is 1. The fourth-order valence-electron chi connectivity index (χ4n) is 14.8. The molecule has 8 aliphatic rings. The van der Waals surface area contributed by atoms with Crippen molar-refractivity contribution in [2.75, 3.05) is 13.2 Å². The molecule has 16 nitrogen and oxygen atoms in total. The monoisotopic (exact) mass is 897 g/mol. The summed E-state index contributed by atoms with van der Waals surface area (Å²) in [5, 5.41) is 96.0. The molecular weight excluding hydrogens is 821 g/mol. The van der Waals surface area contributed by atoms with Gasteiger partial charge in [0.15, 0.2) is 18.9 Å². The molecule has 0 aromatic heterocycles. The second-order valence-electron chi connectivity index (χ2n) is 23.0. The highest BCUT2D eigenvalue weighted by Crippen LogP contribution is 2.76. The number of aliphatic hydroxyl groups excluding tert-OH is 8. The minimum atomic E-state index is -1.75. The van der Waals surface area contributed by atoms with Crippen LogP contribution in [0, 0.1) is 50.2 Å². The lowest BCUT2D eigenvalue weighted by molar-refractivity contribution is -0.380. The van der Waals surface area contributed by atoms with Gasteiger partial charge in [-0.05, 0) is 116 Å². The maximum Gasteiger partial charge on any atom is 0.310 e. The summed E-state index contributed by atoms with van der Waals surface area (Å²) in [4.78, 5) is 13.1. The summed E-state index contributed by atoms with van der Waals surface area (Å²) < 4.78 is 36.7. The van der Waals surface area contributed by atoms with Crippen LogP contribution in [0.15, 0.2) is 11.6 Å². The molecule has 360 valence electrons. The lowest BCUT2D eigenvalue weighted by atomic mass is 9.33. The molecule has 3 heterocycles. The van der Waals surface area contributed by atoms with Crippen LogP contribution < -0.4 is 0 Å². The molecule has 22 atom stereocenters. The van der Waals surface area contributed by atoms with Crippen LogP contribution in [-0.4, -0.2) is 157 Å². The van der Waals surface area contributed by atoms with Gasteiger partial charge >= 0.3 is 5.97 Å². The van der Waals surface area contributed by atoms with Gasteiger partial charge in [0.1, 0.15) is 61.0 Å². The molecule has 3 unspecified atom stereocenters. The number of ether oxygens (including phenoxy) is 6. The topological polar surface area (TPSA) is 255 Å². The van der Waals surface area contributed by atoms with Crippen molar-refractivity contribution in [2.24, 2.45) is 50.2 Å². The van der Waals surface area contributed by atoms with Gasteiger partial charge in [0.2, 0.25) is 0 Å². The molecule has 8 rings (SSSR count). The minimum Gasteiger partial charge on any atom is -0.481 e. The van der Waals surface area contributed by atoms with Crippen LogP contribution >= 0.6 is 0 Å². The number of aliphatic hydroxyl groups is 8. The van der Waals surface area contributed by atoms with Gasteiger partial charge in [-0.25, -0.2) is 0 Å². The first-order valence-corrected chi connectivity index (χ1v) is 23.6. The average Bonchev–Trinajstić information content (AvgIpc) is 3.22. The molecule has 0 bridgehead atoms. The Morgan fingerprint density at radius 3 is 2.03 bits per heavy atom. The average molecular weight is 897 g/mol. The van der Waals surface area contributed by atoms with Crippen molar-refractivity contribution in [3.05, 3.63) is 11.6 Å². The second kappa shape index (κ2) is 16.7. The molecule has 0 aromatic rings. The molecule has 0 spiro atoms. The number of hydrogen-bond acceptors (Lipinski definition) is 15. The molecule has 0 aromatic carbocycles. The van der Waals surface area contributed by atoms with Gasteiger partial charge in [0.25, 0.3) is 0 Å². The van der Waals surface area contributed by atoms with E-state index < -0.39 is 109 Å². The first-order chi connectivity index (χ1) is 29.4. The lowest BCUT2D eigenvalue weighted by Gasteiger charge is -2.71. The van der Waals surface area contributed by atoms with Crippen molar-refractivity contribution in [3.8, 4) is 0 Å². The van der Waals surface area contributed by atoms with E-state index in [1.165, 1.54) is 12.5 Å². The first kappa shape index (κ1) is 48.1. The van der Waals surface area contributed by atoms with Crippen LogP contribution in [0.3, 0.4) is 0 Å². The van der Waals surface area contributed by atoms with Gasteiger partial charge in [-0.2, -0.15) is 0 Å². The summed E-state index contributed by atoms with van der Waals surface area (Å²) in [5.41, 5.74) is 0.113. The van der Waals surface area contributed by atoms with E-state index in [-0.39, 0.29) is 46.2 Å². The molecule has 16 heteroatoms. The van der Waals surface area contributed by atoms with E-state index in [2.05, 4.69) is 54.5 Å². The van der Waals surface area contributed by atoms with Crippen LogP contribution in [0.4, 0.5) is 0 Å². The van der Waals surface area contributed by atoms with E-state index in [1.807, 2.05) is 0 Å². The Labute approximate surface area is 371 Å². The highest BCUT2D eigenvalue weighted by molar-refractivity contribution is 5.76. The van der Waals surface area contributed by atoms with Gasteiger partial charge in [-0.1, -0.05) is 60.1 Å². The molecule has 63 heavy (non-hydrogen) atoms. The van der Waals surface area contributed by atoms with Crippen LogP contribution in [0.5, 0.6) is 0 Å². The lowest BCUT2D eigenvalue weighted by Crippen LogP contribution is -2.66. The number of rotatable bonds is 8. The summed E-state index contributed by atoms with van der Waals surface area (Å²) in [6.45, 7) is 17.0. The predicted molar refractivity (Wildman–Crippen MR) is 223 cm³/mol. The first-order valence-electron chi connectivity index (χ1n) is 23.6. The Morgan fingerprint density at radius 2 is 1.37 bits per heavy atom. The maximum absolute atomic E-state index is 13.1. The largest absolute Gasteiger partial charge is 0.481 e. The standard InChI is InChI=1S/C47H76O16/c1-22-30(49)33(52)35(54)38(59-22)63-37-32(51)26(61-39-36(55)34(53)31(50)25(20-48)60-39)21-58-40(37)62-29-12-13-44(6)27(43(29,4)5)11-14-46(8)28(44)10-9-23-24-19-42(2,3)15-17-47(24,41(56)57)18-16-45(23,46)7/h9,22,24-40,48-55H,10-21H2,1-8H3,(H,56,57)/t22-,24?,25+,26+,27?,28?,29-,30-,31+,32-,33+,34-,35+,36+,37-,38-,39-,40+,44-,45+,46+,47-/m1/s1. The Hall–Kier alpha value is -1.35. The summed E-state index contributed by atoms with van der Waals surface area (Å²) in [7, 11) is 0. The number of hydrogen-bond donors (Lipinski definition) is 9. The van der Waals surface area contributed by atoms with E-state index in [0.29, 0.717) is 18.8 Å². The second-order valence-corrected chi connectivity index (χ2v) is 23.0. The van der Waals surface area contributed by atoms with Gasteiger partial charge < -0.3 is 74.4 Å². The van der Waals surface area contributed by atoms with Crippen LogP contribution in [0.2, 0.25) is 0 Å². The van der Waals surface area contributed by atoms with E-state index in [4.69, 9.17) is 28.4 Å². The molecule has 3 saturated heterocycles. The van der Waals surface area contributed by atoms with Gasteiger partial charge in [0, 0.05) is 0 Å². The van der Waals surface area contributed by atoms with Crippen molar-refractivity contribution in [3.63, 3.8) is 0 Å². The fraction of sp³-hybridized carbons (Fsp3) is 0.936. The number of aliphatic carboxylic acids is 1.